The van der Waals surface area contributed by atoms with Crippen LogP contribution in [0.4, 0.5) is 17.6 Å². The molecule has 23 heavy (non-hydrogen) atoms. The van der Waals surface area contributed by atoms with Gasteiger partial charge >= 0.3 is 5.76 Å². The summed E-state index contributed by atoms with van der Waals surface area (Å²) in [5.41, 5.74) is 0. The van der Waals surface area contributed by atoms with Gasteiger partial charge in [-0.3, -0.25) is 9.09 Å². The normalized spacial score (nSPS) is 27.4. The molecule has 3 rings (SSSR count). The lowest BCUT2D eigenvalue weighted by molar-refractivity contribution is -0.0475. The summed E-state index contributed by atoms with van der Waals surface area (Å²) in [6.07, 6.45) is 0.635. The van der Waals surface area contributed by atoms with E-state index in [1.165, 1.54) is 4.57 Å². The number of hydrogen-bond donors (Lipinski definition) is 0. The Morgan fingerprint density at radius 1 is 1.04 bits per heavy atom. The minimum atomic E-state index is -2.64. The highest BCUT2D eigenvalue weighted by atomic mass is 19.3. The fourth-order valence-corrected chi connectivity index (χ4v) is 3.64. The average Bonchev–Trinajstić information content (AvgIpc) is 2.97. The van der Waals surface area contributed by atoms with Gasteiger partial charge in [0.05, 0.1) is 0 Å². The van der Waals surface area contributed by atoms with E-state index < -0.39 is 17.6 Å². The monoisotopic (exact) mass is 336 g/mol. The topological polar surface area (TPSA) is 48.0 Å². The van der Waals surface area contributed by atoms with Crippen LogP contribution in [0, 0.1) is 11.8 Å². The minimum absolute atomic E-state index is 0.0319. The zero-order valence-corrected chi connectivity index (χ0v) is 12.7. The summed E-state index contributed by atoms with van der Waals surface area (Å²) in [5.74, 6) is -5.80. The number of nitrogens with zero attached hydrogens (tertiary/aromatic N) is 2. The summed E-state index contributed by atoms with van der Waals surface area (Å²) in [6, 6.07) is 0. The standard InChI is InChI=1S/C15H20F4N2O2/c16-14(17)4-1-10(2-5-14)9-21-12(20-23-13(21)22)7-11-3-6-15(18,19)8-11/h10-11H,1-9H2. The Morgan fingerprint density at radius 3 is 2.26 bits per heavy atom. The highest BCUT2D eigenvalue weighted by molar-refractivity contribution is 4.93. The van der Waals surface area contributed by atoms with E-state index in [2.05, 4.69) is 9.68 Å². The highest BCUT2D eigenvalue weighted by Gasteiger charge is 2.40. The number of aromatic nitrogens is 2. The molecule has 1 unspecified atom stereocenters. The highest BCUT2D eigenvalue weighted by Crippen LogP contribution is 2.40. The molecule has 0 bridgehead atoms. The summed E-state index contributed by atoms with van der Waals surface area (Å²) in [6.45, 7) is 0.275. The molecule has 2 aliphatic carbocycles. The van der Waals surface area contributed by atoms with E-state index in [-0.39, 0.29) is 50.5 Å². The lowest BCUT2D eigenvalue weighted by atomic mass is 9.86. The van der Waals surface area contributed by atoms with Gasteiger partial charge in [0.25, 0.3) is 0 Å². The number of halogens is 4. The maximum atomic E-state index is 13.3. The third kappa shape index (κ3) is 3.95. The molecule has 1 aromatic heterocycles. The Labute approximate surface area is 130 Å². The second-order valence-corrected chi connectivity index (χ2v) is 6.94. The van der Waals surface area contributed by atoms with Gasteiger partial charge in [0.15, 0.2) is 5.82 Å². The van der Waals surface area contributed by atoms with E-state index in [0.717, 1.165) is 0 Å². The summed E-state index contributed by atoms with van der Waals surface area (Å²) in [4.78, 5) is 11.8. The molecule has 0 N–H and O–H groups in total. The minimum Gasteiger partial charge on any atom is -0.296 e. The maximum absolute atomic E-state index is 13.3. The van der Waals surface area contributed by atoms with Crippen LogP contribution in [-0.4, -0.2) is 21.6 Å². The van der Waals surface area contributed by atoms with Crippen molar-refractivity contribution in [1.82, 2.24) is 9.72 Å². The third-order valence-corrected chi connectivity index (χ3v) is 5.02. The molecule has 4 nitrogen and oxygen atoms in total. The molecule has 2 fully saturated rings. The predicted molar refractivity (Wildman–Crippen MR) is 73.7 cm³/mol. The zero-order chi connectivity index (χ0) is 16.7. The number of hydrogen-bond acceptors (Lipinski definition) is 3. The SMILES string of the molecule is O=c1onc(CC2CCC(F)(F)C2)n1CC1CCC(F)(F)CC1. The molecule has 2 saturated carbocycles. The Hall–Kier alpha value is -1.34. The molecular formula is C15H20F4N2O2. The first-order chi connectivity index (χ1) is 10.7. The van der Waals surface area contributed by atoms with Gasteiger partial charge in [-0.2, -0.15) is 0 Å². The van der Waals surface area contributed by atoms with Crippen LogP contribution < -0.4 is 5.76 Å². The zero-order valence-electron chi connectivity index (χ0n) is 12.7. The first-order valence-corrected chi connectivity index (χ1v) is 8.05. The van der Waals surface area contributed by atoms with Crippen molar-refractivity contribution in [1.29, 1.82) is 0 Å². The summed E-state index contributed by atoms with van der Waals surface area (Å²) >= 11 is 0. The summed E-state index contributed by atoms with van der Waals surface area (Å²) < 4.78 is 58.9. The first-order valence-electron chi connectivity index (χ1n) is 8.05. The van der Waals surface area contributed by atoms with Crippen LogP contribution >= 0.6 is 0 Å². The van der Waals surface area contributed by atoms with Crippen molar-refractivity contribution in [3.05, 3.63) is 16.4 Å². The fourth-order valence-electron chi connectivity index (χ4n) is 3.64. The lowest BCUT2D eigenvalue weighted by Crippen LogP contribution is -2.30. The summed E-state index contributed by atoms with van der Waals surface area (Å²) in [5, 5.41) is 3.70. The summed E-state index contributed by atoms with van der Waals surface area (Å²) in [7, 11) is 0. The van der Waals surface area contributed by atoms with E-state index in [9.17, 15) is 22.4 Å². The lowest BCUT2D eigenvalue weighted by Gasteiger charge is -2.28. The van der Waals surface area contributed by atoms with Gasteiger partial charge in [-0.1, -0.05) is 5.16 Å². The molecule has 0 aliphatic heterocycles. The molecule has 1 atom stereocenters. The molecule has 130 valence electrons. The van der Waals surface area contributed by atoms with E-state index >= 15 is 0 Å². The van der Waals surface area contributed by atoms with Crippen molar-refractivity contribution in [3.8, 4) is 0 Å². The molecule has 8 heteroatoms. The Bertz CT molecular complexity index is 601. The van der Waals surface area contributed by atoms with E-state index in [1.807, 2.05) is 0 Å². The molecule has 0 amide bonds. The largest absolute Gasteiger partial charge is 0.441 e. The van der Waals surface area contributed by atoms with Gasteiger partial charge in [-0.05, 0) is 31.1 Å². The van der Waals surface area contributed by atoms with Crippen LogP contribution in [-0.2, 0) is 13.0 Å². The second kappa shape index (κ2) is 5.94. The molecule has 1 aromatic rings. The Kier molecular flexibility index (Phi) is 4.27. The molecule has 0 radical (unpaired) electrons. The van der Waals surface area contributed by atoms with Crippen LogP contribution in [0.3, 0.4) is 0 Å². The van der Waals surface area contributed by atoms with Gasteiger partial charge in [0.1, 0.15) is 0 Å². The van der Waals surface area contributed by atoms with Gasteiger partial charge in [-0.15, -0.1) is 0 Å². The predicted octanol–water partition coefficient (Wildman–Crippen LogP) is 3.64. The fraction of sp³-hybridized carbons (Fsp3) is 0.867. The van der Waals surface area contributed by atoms with Crippen LogP contribution in [0.1, 0.15) is 50.8 Å². The van der Waals surface area contributed by atoms with Crippen LogP contribution in [0.2, 0.25) is 0 Å². The van der Waals surface area contributed by atoms with E-state index in [1.54, 1.807) is 0 Å². The van der Waals surface area contributed by atoms with Crippen LogP contribution in [0.25, 0.3) is 0 Å². The van der Waals surface area contributed by atoms with Crippen molar-refractivity contribution in [2.24, 2.45) is 11.8 Å². The maximum Gasteiger partial charge on any atom is 0.441 e. The molecule has 1 heterocycles. The van der Waals surface area contributed by atoms with Gasteiger partial charge in [-0.25, -0.2) is 22.4 Å². The van der Waals surface area contributed by atoms with Crippen molar-refractivity contribution >= 4 is 0 Å². The van der Waals surface area contributed by atoms with Crippen LogP contribution in [0.5, 0.6) is 0 Å². The molecule has 0 spiro atoms. The average molecular weight is 336 g/mol. The first kappa shape index (κ1) is 16.5. The molecular weight excluding hydrogens is 316 g/mol. The quantitative estimate of drug-likeness (QED) is 0.789. The third-order valence-electron chi connectivity index (χ3n) is 5.02. The van der Waals surface area contributed by atoms with Crippen molar-refractivity contribution in [2.45, 2.75) is 69.8 Å². The molecule has 0 saturated heterocycles. The Morgan fingerprint density at radius 2 is 1.65 bits per heavy atom. The van der Waals surface area contributed by atoms with Crippen LogP contribution in [0.15, 0.2) is 9.32 Å². The Balaban J connectivity index is 1.64. The van der Waals surface area contributed by atoms with E-state index in [4.69, 9.17) is 0 Å². The molecule has 2 aliphatic rings. The van der Waals surface area contributed by atoms with Gasteiger partial charge in [0.2, 0.25) is 11.8 Å². The smallest absolute Gasteiger partial charge is 0.296 e. The number of alkyl halides is 4. The van der Waals surface area contributed by atoms with Crippen molar-refractivity contribution in [3.63, 3.8) is 0 Å². The van der Waals surface area contributed by atoms with Gasteiger partial charge < -0.3 is 0 Å². The van der Waals surface area contributed by atoms with E-state index in [0.29, 0.717) is 25.1 Å². The molecule has 0 aromatic carbocycles. The second-order valence-electron chi connectivity index (χ2n) is 6.94. The van der Waals surface area contributed by atoms with Gasteiger partial charge in [0, 0.05) is 38.6 Å². The number of rotatable bonds is 4. The van der Waals surface area contributed by atoms with Crippen molar-refractivity contribution < 1.29 is 22.1 Å². The van der Waals surface area contributed by atoms with Crippen molar-refractivity contribution in [2.75, 3.05) is 0 Å².